The number of benzene rings is 2. The average Bonchev–Trinajstić information content (AvgIpc) is 3.60. The molecule has 1 amide bonds. The second kappa shape index (κ2) is 10.2. The van der Waals surface area contributed by atoms with Gasteiger partial charge in [0.25, 0.3) is 5.56 Å². The monoisotopic (exact) mass is 536 g/mol. The smallest absolute Gasteiger partial charge is 0.295 e. The number of amides is 1. The molecule has 0 radical (unpaired) electrons. The molecule has 0 saturated heterocycles. The topological polar surface area (TPSA) is 86.7 Å². The molecule has 0 saturated carbocycles. The Morgan fingerprint density at radius 2 is 1.78 bits per heavy atom. The largest absolute Gasteiger partial charge is 0.319 e. The van der Waals surface area contributed by atoms with Gasteiger partial charge in [-0.25, -0.2) is 4.68 Å². The molecule has 11 heteroatoms. The van der Waals surface area contributed by atoms with Crippen molar-refractivity contribution >= 4 is 46.3 Å². The molecule has 0 atom stereocenters. The number of nitrogens with zero attached hydrogens (tertiary/aromatic N) is 5. The minimum absolute atomic E-state index is 0.0509. The van der Waals surface area contributed by atoms with E-state index in [2.05, 4.69) is 15.5 Å². The highest BCUT2D eigenvalue weighted by Gasteiger charge is 2.21. The predicted octanol–water partition coefficient (Wildman–Crippen LogP) is 5.18. The summed E-state index contributed by atoms with van der Waals surface area (Å²) in [4.78, 5) is 27.0. The Balaban J connectivity index is 1.39. The first-order valence-electron chi connectivity index (χ1n) is 11.0. The van der Waals surface area contributed by atoms with Crippen molar-refractivity contribution in [2.75, 3.05) is 11.1 Å². The molecular weight excluding hydrogens is 516 g/mol. The summed E-state index contributed by atoms with van der Waals surface area (Å²) in [5.41, 5.74) is 2.18. The van der Waals surface area contributed by atoms with Gasteiger partial charge in [-0.1, -0.05) is 47.6 Å². The van der Waals surface area contributed by atoms with Crippen LogP contribution in [0.3, 0.4) is 0 Å². The van der Waals surface area contributed by atoms with Crippen molar-refractivity contribution in [1.29, 1.82) is 0 Å². The van der Waals surface area contributed by atoms with Gasteiger partial charge < -0.3 is 5.32 Å². The summed E-state index contributed by atoms with van der Waals surface area (Å²) in [5.74, 6) is 0.421. The maximum absolute atomic E-state index is 13.1. The van der Waals surface area contributed by atoms with Crippen molar-refractivity contribution in [3.63, 3.8) is 0 Å². The van der Waals surface area contributed by atoms with Crippen molar-refractivity contribution < 1.29 is 4.79 Å². The summed E-state index contributed by atoms with van der Waals surface area (Å²) in [6, 6.07) is 20.6. The number of halogens is 1. The normalized spacial score (nSPS) is 11.1. The Hall–Kier alpha value is -3.60. The van der Waals surface area contributed by atoms with Crippen LogP contribution in [-0.4, -0.2) is 35.8 Å². The van der Waals surface area contributed by atoms with Crippen LogP contribution in [0.5, 0.6) is 0 Å². The number of aromatic nitrogens is 5. The van der Waals surface area contributed by atoms with Gasteiger partial charge in [-0.15, -0.1) is 21.5 Å². The van der Waals surface area contributed by atoms with Crippen LogP contribution in [0.4, 0.5) is 5.69 Å². The van der Waals surface area contributed by atoms with Gasteiger partial charge in [0.15, 0.2) is 11.0 Å². The summed E-state index contributed by atoms with van der Waals surface area (Å²) in [6.45, 7) is 1.80. The quantitative estimate of drug-likeness (QED) is 0.290. The molecule has 0 aliphatic heterocycles. The van der Waals surface area contributed by atoms with Crippen molar-refractivity contribution in [2.24, 2.45) is 7.05 Å². The van der Waals surface area contributed by atoms with Gasteiger partial charge in [0.05, 0.1) is 22.0 Å². The van der Waals surface area contributed by atoms with Gasteiger partial charge in [0.1, 0.15) is 5.69 Å². The maximum Gasteiger partial charge on any atom is 0.295 e. The zero-order valence-corrected chi connectivity index (χ0v) is 21.8. The number of hydrogen-bond acceptors (Lipinski definition) is 6. The number of carbonyl (C=O) groups is 1. The van der Waals surface area contributed by atoms with Gasteiger partial charge in [0, 0.05) is 17.8 Å². The first kappa shape index (κ1) is 24.1. The zero-order chi connectivity index (χ0) is 25.2. The lowest BCUT2D eigenvalue weighted by Crippen LogP contribution is -2.23. The highest BCUT2D eigenvalue weighted by Crippen LogP contribution is 2.31. The molecule has 182 valence electrons. The molecule has 36 heavy (non-hydrogen) atoms. The van der Waals surface area contributed by atoms with Gasteiger partial charge in [-0.3, -0.25) is 18.8 Å². The van der Waals surface area contributed by atoms with Gasteiger partial charge in [-0.05, 0) is 54.8 Å². The molecule has 0 aliphatic rings. The van der Waals surface area contributed by atoms with Crippen LogP contribution in [0.15, 0.2) is 82.1 Å². The van der Waals surface area contributed by atoms with Crippen LogP contribution in [0, 0.1) is 6.92 Å². The fraction of sp³-hybridized carbons (Fsp3) is 0.120. The third kappa shape index (κ3) is 4.62. The number of hydrogen-bond donors (Lipinski definition) is 1. The SMILES string of the molecule is Cc1c(NC(=O)CSc2nnc(-c3cccs3)n2-c2ccc(Cl)cc2)c(=O)n(-c2ccccc2)n1C. The minimum atomic E-state index is -0.311. The van der Waals surface area contributed by atoms with E-state index in [1.807, 2.05) is 64.5 Å². The molecular formula is C25H21ClN6O2S2. The van der Waals surface area contributed by atoms with Gasteiger partial charge in [0.2, 0.25) is 5.91 Å². The molecule has 3 aromatic heterocycles. The molecule has 5 aromatic rings. The summed E-state index contributed by atoms with van der Waals surface area (Å²) in [6.07, 6.45) is 0. The van der Waals surface area contributed by atoms with E-state index >= 15 is 0 Å². The Kier molecular flexibility index (Phi) is 6.82. The molecule has 2 aromatic carbocycles. The van der Waals surface area contributed by atoms with Crippen LogP contribution in [0.1, 0.15) is 5.69 Å². The molecule has 8 nitrogen and oxygen atoms in total. The fourth-order valence-electron chi connectivity index (χ4n) is 3.77. The first-order chi connectivity index (χ1) is 17.4. The Labute approximate surface area is 220 Å². The summed E-state index contributed by atoms with van der Waals surface area (Å²) >= 11 is 8.88. The van der Waals surface area contributed by atoms with Crippen molar-refractivity contribution in [3.8, 4) is 22.1 Å². The number of carbonyl (C=O) groups excluding carboxylic acids is 1. The highest BCUT2D eigenvalue weighted by molar-refractivity contribution is 7.99. The van der Waals surface area contributed by atoms with Crippen molar-refractivity contribution in [2.45, 2.75) is 12.1 Å². The Bertz CT molecular complexity index is 1570. The van der Waals surface area contributed by atoms with Gasteiger partial charge >= 0.3 is 0 Å². The van der Waals surface area contributed by atoms with Crippen LogP contribution in [0.2, 0.25) is 5.02 Å². The van der Waals surface area contributed by atoms with E-state index in [-0.39, 0.29) is 22.9 Å². The number of nitrogens with one attached hydrogen (secondary N) is 1. The number of thiophene rings is 1. The van der Waals surface area contributed by atoms with Gasteiger partial charge in [-0.2, -0.15) is 0 Å². The molecule has 0 fully saturated rings. The standard InChI is InChI=1S/C25H21ClN6O2S2/c1-16-22(24(34)32(30(16)2)19-7-4-3-5-8-19)27-21(33)15-36-25-29-28-23(20-9-6-14-35-20)31(25)18-12-10-17(26)11-13-18/h3-14H,15H2,1-2H3,(H,27,33). The van der Waals surface area contributed by atoms with Crippen molar-refractivity contribution in [1.82, 2.24) is 24.1 Å². The van der Waals surface area contributed by atoms with Crippen LogP contribution in [0.25, 0.3) is 22.1 Å². The molecule has 1 N–H and O–H groups in total. The van der Waals surface area contributed by atoms with E-state index < -0.39 is 0 Å². The Morgan fingerprint density at radius 3 is 2.47 bits per heavy atom. The van der Waals surface area contributed by atoms with Crippen LogP contribution < -0.4 is 10.9 Å². The molecule has 0 aliphatic carbocycles. The maximum atomic E-state index is 13.1. The van der Waals surface area contributed by atoms with Crippen LogP contribution >= 0.6 is 34.7 Å². The highest BCUT2D eigenvalue weighted by atomic mass is 35.5. The van der Waals surface area contributed by atoms with E-state index in [1.165, 1.54) is 16.4 Å². The predicted molar refractivity (Wildman–Crippen MR) is 145 cm³/mol. The van der Waals surface area contributed by atoms with Crippen LogP contribution in [-0.2, 0) is 11.8 Å². The van der Waals surface area contributed by atoms with E-state index in [0.29, 0.717) is 21.7 Å². The van der Waals surface area contributed by atoms with Crippen molar-refractivity contribution in [3.05, 3.63) is 93.2 Å². The molecule has 5 rings (SSSR count). The summed E-state index contributed by atoms with van der Waals surface area (Å²) in [5, 5.41) is 14.7. The minimum Gasteiger partial charge on any atom is -0.319 e. The number of anilines is 1. The molecule has 0 unspecified atom stereocenters. The second-order valence-corrected chi connectivity index (χ2v) is 10.2. The fourth-order valence-corrected chi connectivity index (χ4v) is 5.35. The Morgan fingerprint density at radius 1 is 1.03 bits per heavy atom. The third-order valence-corrected chi connectivity index (χ3v) is 7.66. The van der Waals surface area contributed by atoms with E-state index in [9.17, 15) is 9.59 Å². The summed E-state index contributed by atoms with van der Waals surface area (Å²) in [7, 11) is 1.79. The summed E-state index contributed by atoms with van der Waals surface area (Å²) < 4.78 is 5.16. The average molecular weight is 537 g/mol. The van der Waals surface area contributed by atoms with E-state index in [0.717, 1.165) is 16.3 Å². The van der Waals surface area contributed by atoms with E-state index in [4.69, 9.17) is 11.6 Å². The zero-order valence-electron chi connectivity index (χ0n) is 19.4. The molecule has 3 heterocycles. The van der Waals surface area contributed by atoms with E-state index in [1.54, 1.807) is 42.1 Å². The molecule has 0 bridgehead atoms. The first-order valence-corrected chi connectivity index (χ1v) is 13.2. The molecule has 0 spiro atoms. The number of thioether (sulfide) groups is 1. The number of rotatable bonds is 7. The third-order valence-electron chi connectivity index (χ3n) is 5.61. The lowest BCUT2D eigenvalue weighted by Gasteiger charge is -2.10. The lowest BCUT2D eigenvalue weighted by molar-refractivity contribution is -0.113. The number of para-hydroxylation sites is 1. The second-order valence-electron chi connectivity index (χ2n) is 7.87. The lowest BCUT2D eigenvalue weighted by atomic mass is 10.3.